The van der Waals surface area contributed by atoms with Gasteiger partial charge in [0.15, 0.2) is 0 Å². The van der Waals surface area contributed by atoms with Crippen molar-refractivity contribution in [3.8, 4) is 5.69 Å². The molecule has 0 aliphatic rings. The van der Waals surface area contributed by atoms with Gasteiger partial charge in [0, 0.05) is 17.8 Å². The summed E-state index contributed by atoms with van der Waals surface area (Å²) in [6.07, 6.45) is 3.58. The highest BCUT2D eigenvalue weighted by Crippen LogP contribution is 2.22. The van der Waals surface area contributed by atoms with Gasteiger partial charge in [-0.25, -0.2) is 9.48 Å². The Kier molecular flexibility index (Phi) is 2.79. The lowest BCUT2D eigenvalue weighted by atomic mass is 10.2. The SMILES string of the molecule is CCOC(=O)c1cc2cccc(-n3cccn3)c2[nH]1. The second kappa shape index (κ2) is 4.61. The molecule has 0 aliphatic heterocycles. The largest absolute Gasteiger partial charge is 0.461 e. The van der Waals surface area contributed by atoms with Crippen molar-refractivity contribution in [2.75, 3.05) is 6.61 Å². The number of hydrogen-bond acceptors (Lipinski definition) is 3. The summed E-state index contributed by atoms with van der Waals surface area (Å²) in [5, 5.41) is 5.16. The van der Waals surface area contributed by atoms with E-state index in [0.29, 0.717) is 12.3 Å². The number of aromatic nitrogens is 3. The number of hydrogen-bond donors (Lipinski definition) is 1. The number of fused-ring (bicyclic) bond motifs is 1. The summed E-state index contributed by atoms with van der Waals surface area (Å²) in [5.74, 6) is -0.342. The Hall–Kier alpha value is -2.56. The zero-order valence-corrected chi connectivity index (χ0v) is 10.5. The van der Waals surface area contributed by atoms with Crippen LogP contribution < -0.4 is 0 Å². The van der Waals surface area contributed by atoms with Crippen LogP contribution in [-0.4, -0.2) is 27.3 Å². The summed E-state index contributed by atoms with van der Waals surface area (Å²) in [5.41, 5.74) is 2.23. The monoisotopic (exact) mass is 255 g/mol. The number of nitrogens with one attached hydrogen (secondary N) is 1. The second-order valence-corrected chi connectivity index (χ2v) is 4.10. The summed E-state index contributed by atoms with van der Waals surface area (Å²) in [7, 11) is 0. The number of H-pyrrole nitrogens is 1. The standard InChI is InChI=1S/C14H13N3O2/c1-2-19-14(18)11-9-10-5-3-6-12(13(10)16-11)17-8-4-7-15-17/h3-9,16H,2H2,1H3. The molecule has 0 saturated heterocycles. The average Bonchev–Trinajstić information content (AvgIpc) is 3.07. The first-order valence-electron chi connectivity index (χ1n) is 6.08. The first kappa shape index (κ1) is 11.5. The molecule has 0 radical (unpaired) electrons. The zero-order valence-electron chi connectivity index (χ0n) is 10.5. The molecule has 19 heavy (non-hydrogen) atoms. The van der Waals surface area contributed by atoms with E-state index in [1.165, 1.54) is 0 Å². The van der Waals surface area contributed by atoms with Crippen LogP contribution in [0.4, 0.5) is 0 Å². The first-order chi connectivity index (χ1) is 9.29. The van der Waals surface area contributed by atoms with Gasteiger partial charge in [-0.3, -0.25) is 0 Å². The maximum absolute atomic E-state index is 11.7. The first-order valence-corrected chi connectivity index (χ1v) is 6.08. The minimum Gasteiger partial charge on any atom is -0.461 e. The summed E-state index contributed by atoms with van der Waals surface area (Å²) in [4.78, 5) is 14.8. The fourth-order valence-electron chi connectivity index (χ4n) is 2.06. The van der Waals surface area contributed by atoms with Crippen molar-refractivity contribution >= 4 is 16.9 Å². The minimum atomic E-state index is -0.342. The van der Waals surface area contributed by atoms with E-state index in [-0.39, 0.29) is 5.97 Å². The highest BCUT2D eigenvalue weighted by molar-refractivity contribution is 5.97. The number of benzene rings is 1. The van der Waals surface area contributed by atoms with Crippen LogP contribution in [0, 0.1) is 0 Å². The molecule has 1 aromatic carbocycles. The molecule has 0 aliphatic carbocycles. The molecule has 0 fully saturated rings. The summed E-state index contributed by atoms with van der Waals surface area (Å²) in [6.45, 7) is 2.15. The number of para-hydroxylation sites is 1. The van der Waals surface area contributed by atoms with Gasteiger partial charge in [-0.05, 0) is 25.1 Å². The molecule has 3 aromatic rings. The van der Waals surface area contributed by atoms with Crippen molar-refractivity contribution in [2.24, 2.45) is 0 Å². The van der Waals surface area contributed by atoms with Crippen molar-refractivity contribution in [1.29, 1.82) is 0 Å². The number of esters is 1. The van der Waals surface area contributed by atoms with Crippen molar-refractivity contribution in [3.63, 3.8) is 0 Å². The van der Waals surface area contributed by atoms with Crippen LogP contribution in [-0.2, 0) is 4.74 Å². The number of nitrogens with zero attached hydrogens (tertiary/aromatic N) is 2. The highest BCUT2D eigenvalue weighted by atomic mass is 16.5. The van der Waals surface area contributed by atoms with E-state index in [2.05, 4.69) is 10.1 Å². The van der Waals surface area contributed by atoms with Crippen molar-refractivity contribution in [1.82, 2.24) is 14.8 Å². The normalized spacial score (nSPS) is 10.8. The summed E-state index contributed by atoms with van der Waals surface area (Å²) >= 11 is 0. The molecular weight excluding hydrogens is 242 g/mol. The third-order valence-corrected chi connectivity index (χ3v) is 2.88. The lowest BCUT2D eigenvalue weighted by molar-refractivity contribution is 0.0520. The summed E-state index contributed by atoms with van der Waals surface area (Å²) < 4.78 is 6.75. The number of rotatable bonds is 3. The third-order valence-electron chi connectivity index (χ3n) is 2.88. The van der Waals surface area contributed by atoms with Gasteiger partial charge in [0.05, 0.1) is 17.8 Å². The van der Waals surface area contributed by atoms with Crippen LogP contribution in [0.5, 0.6) is 0 Å². The predicted octanol–water partition coefficient (Wildman–Crippen LogP) is 2.53. The molecule has 96 valence electrons. The van der Waals surface area contributed by atoms with Crippen LogP contribution in [0.15, 0.2) is 42.7 Å². The van der Waals surface area contributed by atoms with E-state index < -0.39 is 0 Å². The molecule has 0 amide bonds. The molecular formula is C14H13N3O2. The molecule has 3 rings (SSSR count). The molecule has 0 bridgehead atoms. The lowest BCUT2D eigenvalue weighted by Gasteiger charge is -2.02. The van der Waals surface area contributed by atoms with Crippen LogP contribution >= 0.6 is 0 Å². The predicted molar refractivity (Wildman–Crippen MR) is 71.4 cm³/mol. The van der Waals surface area contributed by atoms with Gasteiger partial charge in [0.2, 0.25) is 0 Å². The average molecular weight is 255 g/mol. The maximum atomic E-state index is 11.7. The van der Waals surface area contributed by atoms with E-state index in [4.69, 9.17) is 4.74 Å². The van der Waals surface area contributed by atoms with Gasteiger partial charge < -0.3 is 9.72 Å². The Balaban J connectivity index is 2.13. The van der Waals surface area contributed by atoms with Crippen molar-refractivity contribution in [3.05, 3.63) is 48.4 Å². The Morgan fingerprint density at radius 3 is 3.05 bits per heavy atom. The molecule has 0 unspecified atom stereocenters. The minimum absolute atomic E-state index is 0.342. The molecule has 0 atom stereocenters. The molecule has 2 heterocycles. The van der Waals surface area contributed by atoms with Crippen LogP contribution in [0.25, 0.3) is 16.6 Å². The third kappa shape index (κ3) is 1.99. The fourth-order valence-corrected chi connectivity index (χ4v) is 2.06. The van der Waals surface area contributed by atoms with Gasteiger partial charge >= 0.3 is 5.97 Å². The Morgan fingerprint density at radius 1 is 1.42 bits per heavy atom. The van der Waals surface area contributed by atoms with Crippen LogP contribution in [0.2, 0.25) is 0 Å². The maximum Gasteiger partial charge on any atom is 0.354 e. The van der Waals surface area contributed by atoms with Gasteiger partial charge in [0.25, 0.3) is 0 Å². The number of carbonyl (C=O) groups is 1. The molecule has 0 spiro atoms. The summed E-state index contributed by atoms with van der Waals surface area (Å²) in [6, 6.07) is 9.47. The number of aromatic amines is 1. The molecule has 5 heteroatoms. The quantitative estimate of drug-likeness (QED) is 0.731. The van der Waals surface area contributed by atoms with E-state index >= 15 is 0 Å². The number of ether oxygens (including phenoxy) is 1. The van der Waals surface area contributed by atoms with Crippen LogP contribution in [0.1, 0.15) is 17.4 Å². The Morgan fingerprint density at radius 2 is 2.32 bits per heavy atom. The van der Waals surface area contributed by atoms with Gasteiger partial charge in [-0.2, -0.15) is 5.10 Å². The van der Waals surface area contributed by atoms with E-state index in [0.717, 1.165) is 16.6 Å². The molecule has 0 saturated carbocycles. The van der Waals surface area contributed by atoms with E-state index in [1.54, 1.807) is 23.9 Å². The second-order valence-electron chi connectivity index (χ2n) is 4.10. The van der Waals surface area contributed by atoms with Crippen molar-refractivity contribution < 1.29 is 9.53 Å². The van der Waals surface area contributed by atoms with Crippen LogP contribution in [0.3, 0.4) is 0 Å². The van der Waals surface area contributed by atoms with Gasteiger partial charge in [-0.1, -0.05) is 12.1 Å². The smallest absolute Gasteiger partial charge is 0.354 e. The molecule has 1 N–H and O–H groups in total. The molecule has 5 nitrogen and oxygen atoms in total. The molecule has 2 aromatic heterocycles. The van der Waals surface area contributed by atoms with Gasteiger partial charge in [-0.15, -0.1) is 0 Å². The lowest BCUT2D eigenvalue weighted by Crippen LogP contribution is -2.04. The Labute approximate surface area is 109 Å². The number of carbonyl (C=O) groups excluding carboxylic acids is 1. The highest BCUT2D eigenvalue weighted by Gasteiger charge is 2.12. The fraction of sp³-hybridized carbons (Fsp3) is 0.143. The van der Waals surface area contributed by atoms with Gasteiger partial charge in [0.1, 0.15) is 5.69 Å². The van der Waals surface area contributed by atoms with Crippen molar-refractivity contribution in [2.45, 2.75) is 6.92 Å². The zero-order chi connectivity index (χ0) is 13.2. The Bertz CT molecular complexity index is 713. The topological polar surface area (TPSA) is 59.9 Å². The van der Waals surface area contributed by atoms with E-state index in [1.807, 2.05) is 30.5 Å². The van der Waals surface area contributed by atoms with E-state index in [9.17, 15) is 4.79 Å².